The van der Waals surface area contributed by atoms with Crippen LogP contribution < -0.4 is 10.6 Å². The molecule has 19 heavy (non-hydrogen) atoms. The largest absolute Gasteiger partial charge is 0.352 e. The van der Waals surface area contributed by atoms with Gasteiger partial charge in [0, 0.05) is 24.9 Å². The number of nitrogens with one attached hydrogen (secondary N) is 2. The van der Waals surface area contributed by atoms with Crippen molar-refractivity contribution in [1.29, 1.82) is 0 Å². The van der Waals surface area contributed by atoms with E-state index in [4.69, 9.17) is 11.6 Å². The second kappa shape index (κ2) is 5.40. The van der Waals surface area contributed by atoms with Crippen molar-refractivity contribution in [2.45, 2.75) is 51.1 Å². The summed E-state index contributed by atoms with van der Waals surface area (Å²) in [5, 5.41) is 5.91. The van der Waals surface area contributed by atoms with Gasteiger partial charge in [0.15, 0.2) is 0 Å². The maximum absolute atomic E-state index is 13.1. The first-order valence-electron chi connectivity index (χ1n) is 6.16. The van der Waals surface area contributed by atoms with Gasteiger partial charge in [-0.15, -0.1) is 0 Å². The molecule has 0 bridgehead atoms. The van der Waals surface area contributed by atoms with Crippen LogP contribution in [-0.2, 0) is 0 Å². The lowest BCUT2D eigenvalue weighted by Crippen LogP contribution is -2.21. The number of anilines is 2. The van der Waals surface area contributed by atoms with Crippen LogP contribution in [0.15, 0.2) is 0 Å². The number of hydrogen-bond acceptors (Lipinski definition) is 5. The Bertz CT molecular complexity index is 455. The van der Waals surface area contributed by atoms with Crippen LogP contribution in [0.1, 0.15) is 33.1 Å². The number of hydrogen-bond donors (Lipinski definition) is 2. The van der Waals surface area contributed by atoms with Crippen molar-refractivity contribution in [1.82, 2.24) is 15.0 Å². The van der Waals surface area contributed by atoms with Gasteiger partial charge in [-0.1, -0.05) is 0 Å². The SMILES string of the molecule is CC(C)Nc1nc(Cl)nc(NC2CCC(F)(F)C2)n1. The molecule has 1 aromatic rings. The van der Waals surface area contributed by atoms with E-state index < -0.39 is 5.92 Å². The Morgan fingerprint density at radius 1 is 1.26 bits per heavy atom. The Kier molecular flexibility index (Phi) is 4.03. The van der Waals surface area contributed by atoms with Crippen LogP contribution in [-0.4, -0.2) is 33.0 Å². The summed E-state index contributed by atoms with van der Waals surface area (Å²) in [7, 11) is 0. The first-order valence-corrected chi connectivity index (χ1v) is 6.54. The van der Waals surface area contributed by atoms with E-state index in [-0.39, 0.29) is 36.2 Å². The van der Waals surface area contributed by atoms with Gasteiger partial charge in [0.1, 0.15) is 0 Å². The molecule has 1 fully saturated rings. The van der Waals surface area contributed by atoms with Crippen molar-refractivity contribution >= 4 is 23.5 Å². The average molecular weight is 292 g/mol. The summed E-state index contributed by atoms with van der Waals surface area (Å²) in [4.78, 5) is 11.9. The molecule has 2 N–H and O–H groups in total. The molecule has 0 spiro atoms. The van der Waals surface area contributed by atoms with Crippen LogP contribution in [0.3, 0.4) is 0 Å². The summed E-state index contributed by atoms with van der Waals surface area (Å²) in [5.41, 5.74) is 0. The monoisotopic (exact) mass is 291 g/mol. The Morgan fingerprint density at radius 2 is 1.95 bits per heavy atom. The van der Waals surface area contributed by atoms with Gasteiger partial charge in [0.2, 0.25) is 23.1 Å². The molecular weight excluding hydrogens is 276 g/mol. The van der Waals surface area contributed by atoms with E-state index in [0.29, 0.717) is 12.4 Å². The highest BCUT2D eigenvalue weighted by Crippen LogP contribution is 2.35. The third-order valence-electron chi connectivity index (χ3n) is 2.76. The Hall–Kier alpha value is -1.24. The average Bonchev–Trinajstić information content (AvgIpc) is 2.55. The Morgan fingerprint density at radius 3 is 2.53 bits per heavy atom. The molecule has 0 radical (unpaired) electrons. The molecule has 0 aromatic carbocycles. The number of alkyl halides is 2. The minimum Gasteiger partial charge on any atom is -0.352 e. The van der Waals surface area contributed by atoms with Gasteiger partial charge in [0.05, 0.1) is 0 Å². The molecule has 106 valence electrons. The second-order valence-corrected chi connectivity index (χ2v) is 5.33. The van der Waals surface area contributed by atoms with Crippen LogP contribution in [0.2, 0.25) is 5.28 Å². The molecule has 1 aliphatic carbocycles. The van der Waals surface area contributed by atoms with Crippen LogP contribution in [0.4, 0.5) is 20.7 Å². The van der Waals surface area contributed by atoms with Crippen molar-refractivity contribution < 1.29 is 8.78 Å². The lowest BCUT2D eigenvalue weighted by atomic mass is 10.2. The fraction of sp³-hybridized carbons (Fsp3) is 0.727. The molecule has 1 unspecified atom stereocenters. The van der Waals surface area contributed by atoms with Gasteiger partial charge >= 0.3 is 0 Å². The summed E-state index contributed by atoms with van der Waals surface area (Å²) < 4.78 is 26.2. The number of halogens is 3. The standard InChI is InChI=1S/C11H16ClF2N5/c1-6(2)15-9-17-8(12)18-10(19-9)16-7-3-4-11(13,14)5-7/h6-7H,3-5H2,1-2H3,(H2,15,16,17,18,19). The predicted molar refractivity (Wildman–Crippen MR) is 69.8 cm³/mol. The molecule has 1 aromatic heterocycles. The van der Waals surface area contributed by atoms with Crippen molar-refractivity contribution in [3.05, 3.63) is 5.28 Å². The normalized spacial score (nSPS) is 21.7. The number of rotatable bonds is 4. The summed E-state index contributed by atoms with van der Waals surface area (Å²) in [6, 6.07) is -0.192. The smallest absolute Gasteiger partial charge is 0.250 e. The molecule has 2 rings (SSSR count). The zero-order valence-corrected chi connectivity index (χ0v) is 11.5. The first-order chi connectivity index (χ1) is 8.84. The van der Waals surface area contributed by atoms with Crippen LogP contribution >= 0.6 is 11.6 Å². The van der Waals surface area contributed by atoms with Gasteiger partial charge in [-0.2, -0.15) is 15.0 Å². The van der Waals surface area contributed by atoms with E-state index in [1.165, 1.54) is 0 Å². The molecule has 0 amide bonds. The third kappa shape index (κ3) is 4.12. The Labute approximate surface area is 115 Å². The summed E-state index contributed by atoms with van der Waals surface area (Å²) >= 11 is 5.78. The van der Waals surface area contributed by atoms with E-state index in [9.17, 15) is 8.78 Å². The van der Waals surface area contributed by atoms with Crippen molar-refractivity contribution in [3.8, 4) is 0 Å². The number of nitrogens with zero attached hydrogens (tertiary/aromatic N) is 3. The van der Waals surface area contributed by atoms with Gasteiger partial charge in [-0.25, -0.2) is 8.78 Å². The van der Waals surface area contributed by atoms with Gasteiger partial charge in [-0.05, 0) is 31.9 Å². The minimum atomic E-state index is -2.60. The molecule has 1 aliphatic rings. The van der Waals surface area contributed by atoms with Gasteiger partial charge in [-0.3, -0.25) is 0 Å². The van der Waals surface area contributed by atoms with E-state index in [2.05, 4.69) is 25.6 Å². The molecular formula is C11H16ClF2N5. The fourth-order valence-electron chi connectivity index (χ4n) is 1.99. The first kappa shape index (κ1) is 14.2. The second-order valence-electron chi connectivity index (χ2n) is 4.99. The topological polar surface area (TPSA) is 62.7 Å². The highest BCUT2D eigenvalue weighted by molar-refractivity contribution is 6.28. The van der Waals surface area contributed by atoms with Crippen molar-refractivity contribution in [3.63, 3.8) is 0 Å². The van der Waals surface area contributed by atoms with Gasteiger partial charge in [0.25, 0.3) is 0 Å². The molecule has 0 aliphatic heterocycles. The Balaban J connectivity index is 2.06. The van der Waals surface area contributed by atoms with Crippen LogP contribution in [0, 0.1) is 0 Å². The zero-order valence-electron chi connectivity index (χ0n) is 10.8. The molecule has 8 heteroatoms. The highest BCUT2D eigenvalue weighted by atomic mass is 35.5. The summed E-state index contributed by atoms with van der Waals surface area (Å²) in [6.07, 6.45) is 0.0765. The highest BCUT2D eigenvalue weighted by Gasteiger charge is 2.39. The molecule has 1 heterocycles. The quantitative estimate of drug-likeness (QED) is 0.893. The molecule has 0 saturated heterocycles. The van der Waals surface area contributed by atoms with Crippen LogP contribution in [0.25, 0.3) is 0 Å². The summed E-state index contributed by atoms with van der Waals surface area (Å²) in [5.74, 6) is -2.04. The maximum Gasteiger partial charge on any atom is 0.250 e. The maximum atomic E-state index is 13.1. The molecule has 1 saturated carbocycles. The van der Waals surface area contributed by atoms with E-state index in [1.807, 2.05) is 13.8 Å². The van der Waals surface area contributed by atoms with E-state index in [1.54, 1.807) is 0 Å². The number of aromatic nitrogens is 3. The fourth-order valence-corrected chi connectivity index (χ4v) is 2.15. The summed E-state index contributed by atoms with van der Waals surface area (Å²) in [6.45, 7) is 3.87. The lowest BCUT2D eigenvalue weighted by molar-refractivity contribution is 0.00851. The molecule has 1 atom stereocenters. The van der Waals surface area contributed by atoms with Crippen molar-refractivity contribution in [2.24, 2.45) is 0 Å². The zero-order chi connectivity index (χ0) is 14.0. The van der Waals surface area contributed by atoms with Crippen molar-refractivity contribution in [2.75, 3.05) is 10.6 Å². The third-order valence-corrected chi connectivity index (χ3v) is 2.93. The predicted octanol–water partition coefficient (Wildman–Crippen LogP) is 2.95. The lowest BCUT2D eigenvalue weighted by Gasteiger charge is -2.14. The minimum absolute atomic E-state index is 0.0328. The van der Waals surface area contributed by atoms with Gasteiger partial charge < -0.3 is 10.6 Å². The van der Waals surface area contributed by atoms with Crippen LogP contribution in [0.5, 0.6) is 0 Å². The van der Waals surface area contributed by atoms with E-state index in [0.717, 1.165) is 0 Å². The van der Waals surface area contributed by atoms with E-state index >= 15 is 0 Å². The molecule has 5 nitrogen and oxygen atoms in total.